The van der Waals surface area contributed by atoms with E-state index in [1.165, 1.54) is 44.6 Å². The van der Waals surface area contributed by atoms with E-state index < -0.39 is 0 Å². The van der Waals surface area contributed by atoms with Crippen LogP contribution in [0.1, 0.15) is 30.1 Å². The minimum absolute atomic E-state index is 0.626. The Labute approximate surface area is 97.2 Å². The highest BCUT2D eigenvalue weighted by Gasteiger charge is 2.32. The first-order valence-electron chi connectivity index (χ1n) is 6.43. The lowest BCUT2D eigenvalue weighted by Gasteiger charge is -2.39. The second-order valence-corrected chi connectivity index (χ2v) is 5.18. The summed E-state index contributed by atoms with van der Waals surface area (Å²) in [7, 11) is 2.27. The van der Waals surface area contributed by atoms with Gasteiger partial charge in [0, 0.05) is 18.4 Å². The normalized spacial score (nSPS) is 27.9. The van der Waals surface area contributed by atoms with Gasteiger partial charge in [-0.05, 0) is 56.9 Å². The van der Waals surface area contributed by atoms with Gasteiger partial charge in [-0.1, -0.05) is 0 Å². The number of H-pyrrole nitrogens is 1. The Hall–Kier alpha value is -0.800. The Balaban J connectivity index is 1.87. The van der Waals surface area contributed by atoms with Crippen molar-refractivity contribution in [3.05, 3.63) is 23.5 Å². The summed E-state index contributed by atoms with van der Waals surface area (Å²) in [5.74, 6) is 0.823. The van der Waals surface area contributed by atoms with Gasteiger partial charge in [0.2, 0.25) is 0 Å². The lowest BCUT2D eigenvalue weighted by atomic mass is 9.84. The molecule has 0 aromatic carbocycles. The van der Waals surface area contributed by atoms with Gasteiger partial charge >= 0.3 is 0 Å². The average molecular weight is 219 g/mol. The molecule has 0 amide bonds. The van der Waals surface area contributed by atoms with E-state index in [9.17, 15) is 0 Å². The summed E-state index contributed by atoms with van der Waals surface area (Å²) in [4.78, 5) is 6.01. The number of hydrogen-bond donors (Lipinski definition) is 2. The summed E-state index contributed by atoms with van der Waals surface area (Å²) in [6.07, 6.45) is 5.94. The first-order chi connectivity index (χ1) is 7.86. The number of piperidine rings is 1. The van der Waals surface area contributed by atoms with Crippen molar-refractivity contribution in [2.45, 2.75) is 25.3 Å². The molecule has 1 saturated heterocycles. The highest BCUT2D eigenvalue weighted by Crippen LogP contribution is 2.37. The minimum atomic E-state index is 0.626. The lowest BCUT2D eigenvalue weighted by Crippen LogP contribution is -2.40. The van der Waals surface area contributed by atoms with Crippen molar-refractivity contribution in [2.75, 3.05) is 26.7 Å². The number of rotatable bonds is 1. The van der Waals surface area contributed by atoms with E-state index in [0.29, 0.717) is 6.04 Å². The average Bonchev–Trinajstić information content (AvgIpc) is 2.78. The molecular formula is C13H21N3. The first-order valence-corrected chi connectivity index (χ1v) is 6.43. The van der Waals surface area contributed by atoms with E-state index in [-0.39, 0.29) is 0 Å². The van der Waals surface area contributed by atoms with Crippen LogP contribution in [0.2, 0.25) is 0 Å². The van der Waals surface area contributed by atoms with E-state index in [0.717, 1.165) is 5.92 Å². The zero-order valence-corrected chi connectivity index (χ0v) is 10.00. The van der Waals surface area contributed by atoms with Crippen LogP contribution in [0.15, 0.2) is 12.3 Å². The van der Waals surface area contributed by atoms with Gasteiger partial charge in [-0.15, -0.1) is 0 Å². The van der Waals surface area contributed by atoms with E-state index in [4.69, 9.17) is 0 Å². The SMILES string of the molecule is CN1CCc2cc[nH]c2C1C1CCNCC1. The van der Waals surface area contributed by atoms with Crippen LogP contribution in [0, 0.1) is 5.92 Å². The van der Waals surface area contributed by atoms with Gasteiger partial charge in [0.15, 0.2) is 0 Å². The quantitative estimate of drug-likeness (QED) is 0.751. The minimum Gasteiger partial charge on any atom is -0.363 e. The fraction of sp³-hybridized carbons (Fsp3) is 0.692. The zero-order chi connectivity index (χ0) is 11.0. The number of aromatic amines is 1. The van der Waals surface area contributed by atoms with Crippen molar-refractivity contribution in [2.24, 2.45) is 5.92 Å². The maximum atomic E-state index is 3.47. The molecule has 2 aliphatic rings. The Kier molecular flexibility index (Phi) is 2.74. The molecule has 0 radical (unpaired) electrons. The molecule has 1 aromatic heterocycles. The van der Waals surface area contributed by atoms with Crippen molar-refractivity contribution in [1.29, 1.82) is 0 Å². The number of likely N-dealkylation sites (N-methyl/N-ethyl adjacent to an activating group) is 1. The second kappa shape index (κ2) is 4.22. The molecule has 2 N–H and O–H groups in total. The van der Waals surface area contributed by atoms with Crippen LogP contribution in [-0.2, 0) is 6.42 Å². The molecule has 0 aliphatic carbocycles. The standard InChI is InChI=1S/C13H21N3/c1-16-9-5-10-4-8-15-12(10)13(16)11-2-6-14-7-3-11/h4,8,11,13-15H,2-3,5-7,9H2,1H3. The van der Waals surface area contributed by atoms with Crippen molar-refractivity contribution in [3.8, 4) is 0 Å². The van der Waals surface area contributed by atoms with Gasteiger partial charge < -0.3 is 10.3 Å². The third kappa shape index (κ3) is 1.68. The number of fused-ring (bicyclic) bond motifs is 1. The van der Waals surface area contributed by atoms with Crippen molar-refractivity contribution in [3.63, 3.8) is 0 Å². The van der Waals surface area contributed by atoms with Gasteiger partial charge in [-0.3, -0.25) is 4.90 Å². The summed E-state index contributed by atoms with van der Waals surface area (Å²) < 4.78 is 0. The maximum absolute atomic E-state index is 3.47. The molecule has 0 bridgehead atoms. The molecular weight excluding hydrogens is 198 g/mol. The Morgan fingerprint density at radius 1 is 1.31 bits per heavy atom. The fourth-order valence-electron chi connectivity index (χ4n) is 3.32. The summed E-state index contributed by atoms with van der Waals surface area (Å²) >= 11 is 0. The number of hydrogen-bond acceptors (Lipinski definition) is 2. The predicted octanol–water partition coefficient (Wildman–Crippen LogP) is 1.54. The molecule has 0 saturated carbocycles. The summed E-state index contributed by atoms with van der Waals surface area (Å²) in [6.45, 7) is 3.58. The maximum Gasteiger partial charge on any atom is 0.0527 e. The first kappa shape index (κ1) is 10.4. The molecule has 1 aromatic rings. The van der Waals surface area contributed by atoms with Crippen LogP contribution in [0.4, 0.5) is 0 Å². The molecule has 3 nitrogen and oxygen atoms in total. The molecule has 1 unspecified atom stereocenters. The predicted molar refractivity (Wildman–Crippen MR) is 65.5 cm³/mol. The van der Waals surface area contributed by atoms with Crippen molar-refractivity contribution >= 4 is 0 Å². The number of nitrogens with one attached hydrogen (secondary N) is 2. The number of nitrogens with zero attached hydrogens (tertiary/aromatic N) is 1. The Morgan fingerprint density at radius 2 is 2.12 bits per heavy atom. The fourth-order valence-corrected chi connectivity index (χ4v) is 3.32. The largest absolute Gasteiger partial charge is 0.363 e. The van der Waals surface area contributed by atoms with Crippen molar-refractivity contribution in [1.82, 2.24) is 15.2 Å². The van der Waals surface area contributed by atoms with Crippen LogP contribution in [0.3, 0.4) is 0 Å². The van der Waals surface area contributed by atoms with E-state index >= 15 is 0 Å². The molecule has 1 atom stereocenters. The molecule has 16 heavy (non-hydrogen) atoms. The van der Waals surface area contributed by atoms with Crippen LogP contribution >= 0.6 is 0 Å². The highest BCUT2D eigenvalue weighted by molar-refractivity contribution is 5.27. The molecule has 0 spiro atoms. The van der Waals surface area contributed by atoms with Gasteiger partial charge in [0.05, 0.1) is 6.04 Å². The summed E-state index contributed by atoms with van der Waals surface area (Å²) in [5, 5.41) is 3.46. The zero-order valence-electron chi connectivity index (χ0n) is 10.00. The topological polar surface area (TPSA) is 31.1 Å². The summed E-state index contributed by atoms with van der Waals surface area (Å²) in [6, 6.07) is 2.89. The number of aromatic nitrogens is 1. The molecule has 3 heterocycles. The molecule has 1 fully saturated rings. The third-order valence-corrected chi connectivity index (χ3v) is 4.20. The van der Waals surface area contributed by atoms with Crippen LogP contribution < -0.4 is 5.32 Å². The lowest BCUT2D eigenvalue weighted by molar-refractivity contribution is 0.136. The van der Waals surface area contributed by atoms with Crippen LogP contribution in [0.5, 0.6) is 0 Å². The van der Waals surface area contributed by atoms with Gasteiger partial charge in [-0.25, -0.2) is 0 Å². The van der Waals surface area contributed by atoms with Gasteiger partial charge in [0.25, 0.3) is 0 Å². The molecule has 88 valence electrons. The second-order valence-electron chi connectivity index (χ2n) is 5.18. The van der Waals surface area contributed by atoms with Gasteiger partial charge in [-0.2, -0.15) is 0 Å². The third-order valence-electron chi connectivity index (χ3n) is 4.20. The van der Waals surface area contributed by atoms with Gasteiger partial charge in [0.1, 0.15) is 0 Å². The van der Waals surface area contributed by atoms with E-state index in [1.54, 1.807) is 5.56 Å². The molecule has 2 aliphatic heterocycles. The molecule has 3 rings (SSSR count). The smallest absolute Gasteiger partial charge is 0.0527 e. The van der Waals surface area contributed by atoms with E-state index in [2.05, 4.69) is 34.5 Å². The highest BCUT2D eigenvalue weighted by atomic mass is 15.2. The summed E-state index contributed by atoms with van der Waals surface area (Å²) in [5.41, 5.74) is 3.03. The molecule has 3 heteroatoms. The monoisotopic (exact) mass is 219 g/mol. The van der Waals surface area contributed by atoms with Crippen LogP contribution in [0.25, 0.3) is 0 Å². The Morgan fingerprint density at radius 3 is 2.94 bits per heavy atom. The van der Waals surface area contributed by atoms with Crippen LogP contribution in [-0.4, -0.2) is 36.6 Å². The van der Waals surface area contributed by atoms with E-state index in [1.807, 2.05) is 0 Å². The van der Waals surface area contributed by atoms with Crippen molar-refractivity contribution < 1.29 is 0 Å². The Bertz CT molecular complexity index is 352.